The van der Waals surface area contributed by atoms with Crippen molar-refractivity contribution in [1.29, 1.82) is 0 Å². The third-order valence-corrected chi connectivity index (χ3v) is 6.25. The van der Waals surface area contributed by atoms with Crippen molar-refractivity contribution in [3.05, 3.63) is 0 Å². The highest BCUT2D eigenvalue weighted by Crippen LogP contribution is 2.33. The molecule has 2 N–H and O–H groups in total. The summed E-state index contributed by atoms with van der Waals surface area (Å²) in [6.07, 6.45) is 2.76. The number of amides is 1. The molecule has 172 valence electrons. The Morgan fingerprint density at radius 3 is 2.10 bits per heavy atom. The quantitative estimate of drug-likeness (QED) is 0.634. The Morgan fingerprint density at radius 1 is 0.966 bits per heavy atom. The number of ether oxygens (including phenoxy) is 1. The van der Waals surface area contributed by atoms with Crippen LogP contribution in [0.15, 0.2) is 0 Å². The van der Waals surface area contributed by atoms with E-state index >= 15 is 0 Å². The van der Waals surface area contributed by atoms with Crippen LogP contribution in [0.5, 0.6) is 0 Å². The first-order valence-corrected chi connectivity index (χ1v) is 10.7. The first-order valence-electron chi connectivity index (χ1n) is 10.7. The number of piperidine rings is 1. The number of nitrogens with two attached hydrogens (primary N) is 1. The van der Waals surface area contributed by atoms with Crippen LogP contribution in [-0.2, 0) is 4.74 Å². The Kier molecular flexibility index (Phi) is 10.5. The van der Waals surface area contributed by atoms with Gasteiger partial charge in [0.25, 0.3) is 0 Å². The molecule has 0 aromatic carbocycles. The summed E-state index contributed by atoms with van der Waals surface area (Å²) >= 11 is 0. The molecule has 3 fully saturated rings. The fourth-order valence-electron chi connectivity index (χ4n) is 4.63. The Morgan fingerprint density at radius 2 is 1.55 bits per heavy atom. The number of carbonyl (C=O) groups excluding carboxylic acids is 1. The van der Waals surface area contributed by atoms with Gasteiger partial charge in [0.1, 0.15) is 5.60 Å². The molecule has 0 bridgehead atoms. The lowest BCUT2D eigenvalue weighted by Gasteiger charge is -2.39. The highest BCUT2D eigenvalue weighted by molar-refractivity contribution is 5.85. The Bertz CT molecular complexity index is 502. The number of rotatable bonds is 7. The molecular weight excluding hydrogens is 413 g/mol. The molecule has 9 heteroatoms. The predicted octanol–water partition coefficient (Wildman–Crippen LogP) is 1.88. The first kappa shape index (κ1) is 26.7. The maximum absolute atomic E-state index is 12.4. The maximum atomic E-state index is 12.4. The van der Waals surface area contributed by atoms with Crippen molar-refractivity contribution in [3.63, 3.8) is 0 Å². The molecule has 3 heterocycles. The van der Waals surface area contributed by atoms with E-state index in [9.17, 15) is 4.79 Å². The van der Waals surface area contributed by atoms with Crippen LogP contribution < -0.4 is 5.73 Å². The zero-order valence-corrected chi connectivity index (χ0v) is 20.0. The molecule has 3 aliphatic rings. The van der Waals surface area contributed by atoms with Crippen LogP contribution >= 0.6 is 24.8 Å². The standard InChI is InChI=1S/C20H39N5O2.2ClH/c1-4-22-12-14-23(15-13-22)8-5-9-25-17-20(27-18(25)26)6-10-24(11-7-20)16-19(2,3)21;;/h4-17,21H2,1-3H3;2*1H. The van der Waals surface area contributed by atoms with Crippen LogP contribution in [0.1, 0.15) is 40.0 Å². The topological polar surface area (TPSA) is 65.3 Å². The summed E-state index contributed by atoms with van der Waals surface area (Å²) in [6.45, 7) is 17.6. The van der Waals surface area contributed by atoms with Gasteiger partial charge in [-0.3, -0.25) is 0 Å². The van der Waals surface area contributed by atoms with E-state index in [4.69, 9.17) is 10.5 Å². The summed E-state index contributed by atoms with van der Waals surface area (Å²) < 4.78 is 5.86. The average molecular weight is 454 g/mol. The summed E-state index contributed by atoms with van der Waals surface area (Å²) in [5.74, 6) is 0. The number of piperazine rings is 1. The molecule has 3 aliphatic heterocycles. The van der Waals surface area contributed by atoms with Gasteiger partial charge in [0, 0.05) is 70.7 Å². The average Bonchev–Trinajstić information content (AvgIpc) is 2.92. The van der Waals surface area contributed by atoms with Crippen molar-refractivity contribution in [2.75, 3.05) is 72.0 Å². The van der Waals surface area contributed by atoms with Crippen LogP contribution in [0, 0.1) is 0 Å². The smallest absolute Gasteiger partial charge is 0.410 e. The van der Waals surface area contributed by atoms with Gasteiger partial charge in [0.05, 0.1) is 6.54 Å². The second-order valence-corrected chi connectivity index (χ2v) is 9.37. The lowest BCUT2D eigenvalue weighted by atomic mass is 9.90. The van der Waals surface area contributed by atoms with E-state index in [0.29, 0.717) is 0 Å². The lowest BCUT2D eigenvalue weighted by Crippen LogP contribution is -2.52. The van der Waals surface area contributed by atoms with Gasteiger partial charge in [-0.2, -0.15) is 0 Å². The zero-order chi connectivity index (χ0) is 19.5. The molecule has 0 aliphatic carbocycles. The van der Waals surface area contributed by atoms with Gasteiger partial charge in [-0.05, 0) is 33.4 Å². The van der Waals surface area contributed by atoms with Crippen molar-refractivity contribution in [2.24, 2.45) is 5.73 Å². The first-order chi connectivity index (χ1) is 12.8. The second kappa shape index (κ2) is 11.3. The van der Waals surface area contributed by atoms with Crippen molar-refractivity contribution in [2.45, 2.75) is 51.2 Å². The van der Waals surface area contributed by atoms with Crippen LogP contribution in [0.2, 0.25) is 0 Å². The lowest BCUT2D eigenvalue weighted by molar-refractivity contribution is -0.00291. The van der Waals surface area contributed by atoms with Gasteiger partial charge in [-0.1, -0.05) is 6.92 Å². The van der Waals surface area contributed by atoms with Gasteiger partial charge < -0.3 is 30.1 Å². The Hall–Kier alpha value is -0.310. The van der Waals surface area contributed by atoms with E-state index in [1.807, 2.05) is 4.90 Å². The maximum Gasteiger partial charge on any atom is 0.410 e. The van der Waals surface area contributed by atoms with E-state index in [0.717, 1.165) is 78.2 Å². The molecule has 7 nitrogen and oxygen atoms in total. The van der Waals surface area contributed by atoms with Gasteiger partial charge in [0.2, 0.25) is 0 Å². The van der Waals surface area contributed by atoms with E-state index < -0.39 is 0 Å². The van der Waals surface area contributed by atoms with Gasteiger partial charge >= 0.3 is 6.09 Å². The fraction of sp³-hybridized carbons (Fsp3) is 0.950. The fourth-order valence-corrected chi connectivity index (χ4v) is 4.63. The summed E-state index contributed by atoms with van der Waals surface area (Å²) in [4.78, 5) is 21.7. The van der Waals surface area contributed by atoms with E-state index in [1.54, 1.807) is 0 Å². The number of carbonyl (C=O) groups is 1. The molecule has 29 heavy (non-hydrogen) atoms. The number of likely N-dealkylation sites (N-methyl/N-ethyl adjacent to an activating group) is 1. The molecule has 1 spiro atoms. The number of nitrogens with zero attached hydrogens (tertiary/aromatic N) is 4. The minimum Gasteiger partial charge on any atom is -0.441 e. The molecule has 0 radical (unpaired) electrons. The van der Waals surface area contributed by atoms with Crippen molar-refractivity contribution >= 4 is 30.9 Å². The van der Waals surface area contributed by atoms with Crippen molar-refractivity contribution in [3.8, 4) is 0 Å². The highest BCUT2D eigenvalue weighted by Gasteiger charge is 2.46. The van der Waals surface area contributed by atoms with E-state index in [2.05, 4.69) is 35.5 Å². The van der Waals surface area contributed by atoms with E-state index in [-0.39, 0.29) is 42.0 Å². The molecule has 0 saturated carbocycles. The van der Waals surface area contributed by atoms with Crippen LogP contribution in [-0.4, -0.2) is 109 Å². The second-order valence-electron chi connectivity index (χ2n) is 9.37. The molecular formula is C20H41Cl2N5O2. The predicted molar refractivity (Wildman–Crippen MR) is 122 cm³/mol. The number of hydrogen-bond donors (Lipinski definition) is 1. The minimum atomic E-state index is -0.265. The summed E-state index contributed by atoms with van der Waals surface area (Å²) in [5, 5.41) is 0. The van der Waals surface area contributed by atoms with Gasteiger partial charge in [-0.15, -0.1) is 24.8 Å². The van der Waals surface area contributed by atoms with Gasteiger partial charge in [0.15, 0.2) is 0 Å². The molecule has 0 aromatic rings. The monoisotopic (exact) mass is 453 g/mol. The Balaban J connectivity index is 0.00000210. The highest BCUT2D eigenvalue weighted by atomic mass is 35.5. The largest absolute Gasteiger partial charge is 0.441 e. The van der Waals surface area contributed by atoms with Crippen molar-refractivity contribution in [1.82, 2.24) is 19.6 Å². The molecule has 0 unspecified atom stereocenters. The van der Waals surface area contributed by atoms with Crippen LogP contribution in [0.4, 0.5) is 4.79 Å². The molecule has 1 amide bonds. The Labute approximate surface area is 189 Å². The minimum absolute atomic E-state index is 0. The zero-order valence-electron chi connectivity index (χ0n) is 18.4. The van der Waals surface area contributed by atoms with Crippen LogP contribution in [0.3, 0.4) is 0 Å². The summed E-state index contributed by atoms with van der Waals surface area (Å²) in [5.41, 5.74) is 5.71. The SMILES string of the molecule is CCN1CCN(CCCN2CC3(CCN(CC(C)(C)N)CC3)OC2=O)CC1.Cl.Cl. The number of likely N-dealkylation sites (tertiary alicyclic amines) is 1. The summed E-state index contributed by atoms with van der Waals surface area (Å²) in [6, 6.07) is 0. The normalized spacial score (nSPS) is 23.6. The molecule has 0 atom stereocenters. The molecule has 3 saturated heterocycles. The summed E-state index contributed by atoms with van der Waals surface area (Å²) in [7, 11) is 0. The van der Waals surface area contributed by atoms with Crippen molar-refractivity contribution < 1.29 is 9.53 Å². The number of hydrogen-bond acceptors (Lipinski definition) is 6. The third kappa shape index (κ3) is 7.71. The van der Waals surface area contributed by atoms with Gasteiger partial charge in [-0.25, -0.2) is 4.79 Å². The third-order valence-electron chi connectivity index (χ3n) is 6.25. The molecule has 3 rings (SSSR count). The van der Waals surface area contributed by atoms with Crippen LogP contribution in [0.25, 0.3) is 0 Å². The molecule has 0 aromatic heterocycles. The van der Waals surface area contributed by atoms with E-state index in [1.165, 1.54) is 13.1 Å². The number of halogens is 2.